The van der Waals surface area contributed by atoms with Gasteiger partial charge in [0.15, 0.2) is 5.11 Å². The highest BCUT2D eigenvalue weighted by atomic mass is 32.1. The number of fused-ring (bicyclic) bond motifs is 1. The van der Waals surface area contributed by atoms with E-state index in [0.29, 0.717) is 11.5 Å². The summed E-state index contributed by atoms with van der Waals surface area (Å²) in [5.41, 5.74) is 2.04. The van der Waals surface area contributed by atoms with Gasteiger partial charge in [-0.25, -0.2) is 4.79 Å². The zero-order chi connectivity index (χ0) is 15.7. The number of hydrogen-bond acceptors (Lipinski definition) is 3. The molecule has 0 amide bonds. The zero-order valence-electron chi connectivity index (χ0n) is 12.9. The van der Waals surface area contributed by atoms with Gasteiger partial charge in [-0.2, -0.15) is 0 Å². The third kappa shape index (κ3) is 3.14. The lowest BCUT2D eigenvalue weighted by Crippen LogP contribution is -2.41. The predicted octanol–water partition coefficient (Wildman–Crippen LogP) is 3.53. The summed E-state index contributed by atoms with van der Waals surface area (Å²) in [6.45, 7) is 6.15. The highest BCUT2D eigenvalue weighted by Gasteiger charge is 2.18. The van der Waals surface area contributed by atoms with Crippen molar-refractivity contribution >= 4 is 34.0 Å². The second-order valence-electron chi connectivity index (χ2n) is 6.08. The van der Waals surface area contributed by atoms with E-state index in [9.17, 15) is 4.79 Å². The third-order valence-corrected chi connectivity index (χ3v) is 4.51. The van der Waals surface area contributed by atoms with Crippen LogP contribution in [0.15, 0.2) is 33.5 Å². The van der Waals surface area contributed by atoms with E-state index in [1.165, 1.54) is 18.9 Å². The molecule has 5 heteroatoms. The number of nitrogens with one attached hydrogen (secondary N) is 1. The number of benzene rings is 1. The van der Waals surface area contributed by atoms with Gasteiger partial charge in [-0.1, -0.05) is 6.92 Å². The van der Waals surface area contributed by atoms with Gasteiger partial charge in [0.05, 0.1) is 0 Å². The quantitative estimate of drug-likeness (QED) is 0.644. The second-order valence-corrected chi connectivity index (χ2v) is 6.47. The molecule has 1 atom stereocenters. The maximum absolute atomic E-state index is 11.5. The Balaban J connectivity index is 1.82. The van der Waals surface area contributed by atoms with Crippen molar-refractivity contribution in [2.75, 3.05) is 18.4 Å². The van der Waals surface area contributed by atoms with Crippen molar-refractivity contribution in [1.29, 1.82) is 0 Å². The number of piperidine rings is 1. The van der Waals surface area contributed by atoms with Crippen molar-refractivity contribution in [3.05, 3.63) is 40.2 Å². The Hall–Kier alpha value is -1.88. The van der Waals surface area contributed by atoms with Gasteiger partial charge in [0.25, 0.3) is 0 Å². The molecule has 2 heterocycles. The SMILES string of the molecule is Cc1cc(=O)oc2cc(NC(=S)N3CCC[C@@H](C)C3)ccc12. The Labute approximate surface area is 135 Å². The van der Waals surface area contributed by atoms with E-state index in [0.717, 1.165) is 34.8 Å². The minimum atomic E-state index is -0.324. The third-order valence-electron chi connectivity index (χ3n) is 4.15. The molecule has 1 fully saturated rings. The van der Waals surface area contributed by atoms with E-state index in [4.69, 9.17) is 16.6 Å². The van der Waals surface area contributed by atoms with E-state index >= 15 is 0 Å². The lowest BCUT2D eigenvalue weighted by molar-refractivity contribution is 0.276. The Morgan fingerprint density at radius 1 is 1.41 bits per heavy atom. The predicted molar refractivity (Wildman–Crippen MR) is 93.4 cm³/mol. The molecule has 0 radical (unpaired) electrons. The standard InChI is InChI=1S/C17H20N2O2S/c1-11-4-3-7-19(10-11)17(22)18-13-5-6-14-12(2)8-16(20)21-15(14)9-13/h5-6,8-9,11H,3-4,7,10H2,1-2H3,(H,18,22)/t11-/m1/s1. The van der Waals surface area contributed by atoms with Gasteiger partial charge in [-0.05, 0) is 55.6 Å². The molecular weight excluding hydrogens is 296 g/mol. The molecule has 3 rings (SSSR count). The molecule has 116 valence electrons. The fraction of sp³-hybridized carbons (Fsp3) is 0.412. The topological polar surface area (TPSA) is 45.5 Å². The van der Waals surface area contributed by atoms with Crippen molar-refractivity contribution in [2.45, 2.75) is 26.7 Å². The highest BCUT2D eigenvalue weighted by molar-refractivity contribution is 7.80. The highest BCUT2D eigenvalue weighted by Crippen LogP contribution is 2.22. The van der Waals surface area contributed by atoms with Crippen molar-refractivity contribution in [3.63, 3.8) is 0 Å². The maximum atomic E-state index is 11.5. The monoisotopic (exact) mass is 316 g/mol. The van der Waals surface area contributed by atoms with Gasteiger partial charge < -0.3 is 14.6 Å². The Morgan fingerprint density at radius 3 is 3.00 bits per heavy atom. The summed E-state index contributed by atoms with van der Waals surface area (Å²) in [6, 6.07) is 7.27. The van der Waals surface area contributed by atoms with Crippen LogP contribution in [0.1, 0.15) is 25.3 Å². The average molecular weight is 316 g/mol. The molecule has 0 unspecified atom stereocenters. The van der Waals surface area contributed by atoms with E-state index in [1.54, 1.807) is 0 Å². The van der Waals surface area contributed by atoms with E-state index in [-0.39, 0.29) is 5.63 Å². The Morgan fingerprint density at radius 2 is 2.23 bits per heavy atom. The average Bonchev–Trinajstić information content (AvgIpc) is 2.46. The van der Waals surface area contributed by atoms with E-state index in [2.05, 4.69) is 17.1 Å². The molecule has 0 bridgehead atoms. The molecule has 1 aromatic carbocycles. The first-order valence-corrected chi connectivity index (χ1v) is 8.04. The van der Waals surface area contributed by atoms with Crippen molar-refractivity contribution in [2.24, 2.45) is 5.92 Å². The van der Waals surface area contributed by atoms with Crippen LogP contribution in [-0.2, 0) is 0 Å². The molecule has 1 aliphatic heterocycles. The summed E-state index contributed by atoms with van der Waals surface area (Å²) in [5, 5.41) is 4.94. The van der Waals surface area contributed by atoms with E-state index in [1.807, 2.05) is 25.1 Å². The molecule has 0 aliphatic carbocycles. The number of rotatable bonds is 1. The number of likely N-dealkylation sites (tertiary alicyclic amines) is 1. The fourth-order valence-electron chi connectivity index (χ4n) is 2.98. The summed E-state index contributed by atoms with van der Waals surface area (Å²) in [5.74, 6) is 0.672. The smallest absolute Gasteiger partial charge is 0.336 e. The molecule has 1 N–H and O–H groups in total. The first-order chi connectivity index (χ1) is 10.5. The Kier molecular flexibility index (Phi) is 4.16. The summed E-state index contributed by atoms with van der Waals surface area (Å²) in [6.07, 6.45) is 2.44. The van der Waals surface area contributed by atoms with Gasteiger partial charge in [-0.15, -0.1) is 0 Å². The normalized spacial score (nSPS) is 18.5. The van der Waals surface area contributed by atoms with Gasteiger partial charge in [0.2, 0.25) is 0 Å². The van der Waals surface area contributed by atoms with Gasteiger partial charge in [0, 0.05) is 36.3 Å². The van der Waals surface area contributed by atoms with Gasteiger partial charge >= 0.3 is 5.63 Å². The minimum Gasteiger partial charge on any atom is -0.423 e. The Bertz CT molecular complexity index is 769. The zero-order valence-corrected chi connectivity index (χ0v) is 13.7. The largest absolute Gasteiger partial charge is 0.423 e. The second kappa shape index (κ2) is 6.08. The molecule has 1 aliphatic rings. The van der Waals surface area contributed by atoms with Gasteiger partial charge in [0.1, 0.15) is 5.58 Å². The van der Waals surface area contributed by atoms with Crippen molar-refractivity contribution < 1.29 is 4.42 Å². The number of hydrogen-bond donors (Lipinski definition) is 1. The molecule has 4 nitrogen and oxygen atoms in total. The summed E-state index contributed by atoms with van der Waals surface area (Å²) in [4.78, 5) is 13.7. The van der Waals surface area contributed by atoms with Crippen LogP contribution in [0.25, 0.3) is 11.0 Å². The molecule has 2 aromatic rings. The number of thiocarbonyl (C=S) groups is 1. The van der Waals surface area contributed by atoms with Crippen LogP contribution in [0.2, 0.25) is 0 Å². The lowest BCUT2D eigenvalue weighted by atomic mass is 10.0. The minimum absolute atomic E-state index is 0.324. The van der Waals surface area contributed by atoms with E-state index < -0.39 is 0 Å². The summed E-state index contributed by atoms with van der Waals surface area (Å²) >= 11 is 5.51. The van der Waals surface area contributed by atoms with Crippen LogP contribution in [0, 0.1) is 12.8 Å². The lowest BCUT2D eigenvalue weighted by Gasteiger charge is -2.33. The maximum Gasteiger partial charge on any atom is 0.336 e. The number of nitrogens with zero attached hydrogens (tertiary/aromatic N) is 1. The van der Waals surface area contributed by atoms with Crippen LogP contribution in [-0.4, -0.2) is 23.1 Å². The fourth-order valence-corrected chi connectivity index (χ4v) is 3.26. The first-order valence-electron chi connectivity index (χ1n) is 7.63. The van der Waals surface area contributed by atoms with Crippen molar-refractivity contribution in [1.82, 2.24) is 4.90 Å². The van der Waals surface area contributed by atoms with Crippen LogP contribution in [0.3, 0.4) is 0 Å². The van der Waals surface area contributed by atoms with Gasteiger partial charge in [-0.3, -0.25) is 0 Å². The first kappa shape index (κ1) is 15.0. The van der Waals surface area contributed by atoms with Crippen LogP contribution in [0.4, 0.5) is 5.69 Å². The molecule has 22 heavy (non-hydrogen) atoms. The van der Waals surface area contributed by atoms with Crippen molar-refractivity contribution in [3.8, 4) is 0 Å². The molecule has 1 aromatic heterocycles. The number of aryl methyl sites for hydroxylation is 1. The molecule has 0 saturated carbocycles. The molecule has 0 spiro atoms. The van der Waals surface area contributed by atoms with Crippen LogP contribution in [0.5, 0.6) is 0 Å². The summed E-state index contributed by atoms with van der Waals surface area (Å²) in [7, 11) is 0. The molecular formula is C17H20N2O2S. The number of anilines is 1. The van der Waals surface area contributed by atoms with Crippen LogP contribution < -0.4 is 10.9 Å². The molecule has 1 saturated heterocycles. The summed E-state index contributed by atoms with van der Waals surface area (Å²) < 4.78 is 5.27. The van der Waals surface area contributed by atoms with Crippen LogP contribution >= 0.6 is 12.2 Å².